The molecule has 72 valence electrons. The van der Waals surface area contributed by atoms with Crippen LogP contribution in [0.5, 0.6) is 0 Å². The molecule has 0 bridgehead atoms. The molecule has 0 saturated heterocycles. The standard InChI is InChI=1S/C7H14O5/c1-12-4-2-3(8)5(9)7(11)6(4)10/h3-11H,2H2,1H3/t3-,4+,5-,6+,7+/m0/s1. The van der Waals surface area contributed by atoms with E-state index in [1.165, 1.54) is 7.11 Å². The SMILES string of the molecule is CO[C@@H]1C[C@H](O)[C@H](O)[C@@H](O)[C@@H]1O. The van der Waals surface area contributed by atoms with Crippen molar-refractivity contribution in [3.05, 3.63) is 0 Å². The molecule has 0 aromatic rings. The quantitative estimate of drug-likeness (QED) is 0.367. The first kappa shape index (κ1) is 9.88. The Morgan fingerprint density at radius 2 is 1.58 bits per heavy atom. The average molecular weight is 178 g/mol. The first-order valence-electron chi connectivity index (χ1n) is 3.83. The van der Waals surface area contributed by atoms with Gasteiger partial charge >= 0.3 is 0 Å². The molecule has 0 amide bonds. The van der Waals surface area contributed by atoms with Gasteiger partial charge in [-0.1, -0.05) is 0 Å². The smallest absolute Gasteiger partial charge is 0.111 e. The molecule has 5 heteroatoms. The van der Waals surface area contributed by atoms with Crippen molar-refractivity contribution in [1.82, 2.24) is 0 Å². The molecule has 5 atom stereocenters. The van der Waals surface area contributed by atoms with E-state index < -0.39 is 30.5 Å². The van der Waals surface area contributed by atoms with Crippen molar-refractivity contribution in [1.29, 1.82) is 0 Å². The molecule has 5 nitrogen and oxygen atoms in total. The Morgan fingerprint density at radius 3 is 2.08 bits per heavy atom. The van der Waals surface area contributed by atoms with E-state index in [4.69, 9.17) is 14.9 Å². The monoisotopic (exact) mass is 178 g/mol. The summed E-state index contributed by atoms with van der Waals surface area (Å²) in [5, 5.41) is 36.7. The minimum atomic E-state index is -1.33. The van der Waals surface area contributed by atoms with E-state index in [-0.39, 0.29) is 6.42 Å². The fourth-order valence-electron chi connectivity index (χ4n) is 1.40. The van der Waals surface area contributed by atoms with E-state index in [1.807, 2.05) is 0 Å². The lowest BCUT2D eigenvalue weighted by atomic mass is 9.87. The Morgan fingerprint density at radius 1 is 1.00 bits per heavy atom. The first-order valence-corrected chi connectivity index (χ1v) is 3.83. The van der Waals surface area contributed by atoms with Crippen molar-refractivity contribution >= 4 is 0 Å². The molecule has 0 unspecified atom stereocenters. The third-order valence-corrected chi connectivity index (χ3v) is 2.25. The van der Waals surface area contributed by atoms with Crippen molar-refractivity contribution in [2.45, 2.75) is 36.9 Å². The van der Waals surface area contributed by atoms with Crippen molar-refractivity contribution < 1.29 is 25.2 Å². The van der Waals surface area contributed by atoms with Gasteiger partial charge in [-0.15, -0.1) is 0 Å². The van der Waals surface area contributed by atoms with E-state index in [1.54, 1.807) is 0 Å². The molecule has 1 aliphatic carbocycles. The van der Waals surface area contributed by atoms with Gasteiger partial charge < -0.3 is 25.2 Å². The highest BCUT2D eigenvalue weighted by Gasteiger charge is 2.41. The summed E-state index contributed by atoms with van der Waals surface area (Å²) in [4.78, 5) is 0. The highest BCUT2D eigenvalue weighted by atomic mass is 16.5. The second kappa shape index (κ2) is 3.68. The summed E-state index contributed by atoms with van der Waals surface area (Å²) in [6.45, 7) is 0. The van der Waals surface area contributed by atoms with Gasteiger partial charge in [-0.25, -0.2) is 0 Å². The zero-order chi connectivity index (χ0) is 9.30. The molecule has 1 saturated carbocycles. The maximum Gasteiger partial charge on any atom is 0.111 e. The lowest BCUT2D eigenvalue weighted by Crippen LogP contribution is -2.56. The molecule has 1 aliphatic rings. The van der Waals surface area contributed by atoms with Gasteiger partial charge in [0.05, 0.1) is 12.2 Å². The fourth-order valence-corrected chi connectivity index (χ4v) is 1.40. The zero-order valence-electron chi connectivity index (χ0n) is 6.79. The molecule has 1 rings (SSSR count). The predicted molar refractivity (Wildman–Crippen MR) is 39.4 cm³/mol. The van der Waals surface area contributed by atoms with Crippen LogP contribution < -0.4 is 0 Å². The Labute approximate surface area is 70.2 Å². The maximum atomic E-state index is 9.28. The number of aliphatic hydroxyl groups is 4. The molecule has 0 aromatic carbocycles. The molecule has 0 spiro atoms. The fraction of sp³-hybridized carbons (Fsp3) is 1.00. The van der Waals surface area contributed by atoms with Crippen molar-refractivity contribution in [2.24, 2.45) is 0 Å². The van der Waals surface area contributed by atoms with Crippen LogP contribution in [0.4, 0.5) is 0 Å². The van der Waals surface area contributed by atoms with Crippen LogP contribution in [0.2, 0.25) is 0 Å². The van der Waals surface area contributed by atoms with Crippen LogP contribution >= 0.6 is 0 Å². The van der Waals surface area contributed by atoms with Gasteiger partial charge in [0.1, 0.15) is 18.3 Å². The topological polar surface area (TPSA) is 90.2 Å². The van der Waals surface area contributed by atoms with Gasteiger partial charge in [-0.05, 0) is 0 Å². The summed E-state index contributed by atoms with van der Waals surface area (Å²) >= 11 is 0. The van der Waals surface area contributed by atoms with Crippen LogP contribution in [0, 0.1) is 0 Å². The number of hydrogen-bond donors (Lipinski definition) is 4. The van der Waals surface area contributed by atoms with Crippen molar-refractivity contribution in [3.63, 3.8) is 0 Å². The number of hydrogen-bond acceptors (Lipinski definition) is 5. The Kier molecular flexibility index (Phi) is 3.03. The summed E-state index contributed by atoms with van der Waals surface area (Å²) in [6.07, 6.45) is -5.26. The minimum Gasteiger partial charge on any atom is -0.390 e. The van der Waals surface area contributed by atoms with E-state index >= 15 is 0 Å². The molecule has 0 heterocycles. The largest absolute Gasteiger partial charge is 0.390 e. The third-order valence-electron chi connectivity index (χ3n) is 2.25. The van der Waals surface area contributed by atoms with E-state index in [0.29, 0.717) is 0 Å². The summed E-state index contributed by atoms with van der Waals surface area (Å²) in [6, 6.07) is 0. The number of ether oxygens (including phenoxy) is 1. The highest BCUT2D eigenvalue weighted by molar-refractivity contribution is 4.93. The minimum absolute atomic E-state index is 0.135. The van der Waals surface area contributed by atoms with Crippen LogP contribution in [0.1, 0.15) is 6.42 Å². The Bertz CT molecular complexity index is 146. The van der Waals surface area contributed by atoms with Gasteiger partial charge in [0.25, 0.3) is 0 Å². The third kappa shape index (κ3) is 1.60. The van der Waals surface area contributed by atoms with Crippen LogP contribution in [0.15, 0.2) is 0 Å². The molecular weight excluding hydrogens is 164 g/mol. The molecule has 0 radical (unpaired) electrons. The summed E-state index contributed by atoms with van der Waals surface area (Å²) in [5.74, 6) is 0. The Hall–Kier alpha value is -0.200. The highest BCUT2D eigenvalue weighted by Crippen LogP contribution is 2.22. The van der Waals surface area contributed by atoms with E-state index in [0.717, 1.165) is 0 Å². The number of aliphatic hydroxyl groups excluding tert-OH is 4. The van der Waals surface area contributed by atoms with Crippen LogP contribution in [0.3, 0.4) is 0 Å². The van der Waals surface area contributed by atoms with Gasteiger partial charge in [0.15, 0.2) is 0 Å². The average Bonchev–Trinajstić information content (AvgIpc) is 2.08. The van der Waals surface area contributed by atoms with Gasteiger partial charge in [0, 0.05) is 13.5 Å². The number of rotatable bonds is 1. The first-order chi connectivity index (χ1) is 5.57. The van der Waals surface area contributed by atoms with Gasteiger partial charge in [-0.3, -0.25) is 0 Å². The second-order valence-electron chi connectivity index (χ2n) is 3.05. The van der Waals surface area contributed by atoms with Crippen LogP contribution in [-0.2, 0) is 4.74 Å². The van der Waals surface area contributed by atoms with Crippen molar-refractivity contribution in [3.8, 4) is 0 Å². The van der Waals surface area contributed by atoms with Gasteiger partial charge in [0.2, 0.25) is 0 Å². The van der Waals surface area contributed by atoms with Crippen LogP contribution in [0.25, 0.3) is 0 Å². The molecule has 0 aliphatic heterocycles. The molecule has 12 heavy (non-hydrogen) atoms. The molecule has 4 N–H and O–H groups in total. The maximum absolute atomic E-state index is 9.28. The predicted octanol–water partition coefficient (Wildman–Crippen LogP) is -2.15. The summed E-state index contributed by atoms with van der Waals surface area (Å²) in [7, 11) is 1.38. The molecule has 1 fully saturated rings. The Balaban J connectivity index is 2.63. The molecular formula is C7H14O5. The molecule has 0 aromatic heterocycles. The van der Waals surface area contributed by atoms with Crippen molar-refractivity contribution in [2.75, 3.05) is 7.11 Å². The lowest BCUT2D eigenvalue weighted by Gasteiger charge is -2.37. The van der Waals surface area contributed by atoms with E-state index in [9.17, 15) is 10.2 Å². The van der Waals surface area contributed by atoms with Crippen LogP contribution in [-0.4, -0.2) is 58.1 Å². The number of methoxy groups -OCH3 is 1. The normalized spacial score (nSPS) is 49.2. The summed E-state index contributed by atoms with van der Waals surface area (Å²) in [5.41, 5.74) is 0. The second-order valence-corrected chi connectivity index (χ2v) is 3.05. The zero-order valence-corrected chi connectivity index (χ0v) is 6.79. The van der Waals surface area contributed by atoms with E-state index in [2.05, 4.69) is 0 Å². The van der Waals surface area contributed by atoms with Gasteiger partial charge in [-0.2, -0.15) is 0 Å². The summed E-state index contributed by atoms with van der Waals surface area (Å²) < 4.78 is 4.81. The lowest BCUT2D eigenvalue weighted by molar-refractivity contribution is -0.183.